The molecule has 3 rings (SSSR count). The minimum absolute atomic E-state index is 0.0313. The molecule has 7 nitrogen and oxygen atoms in total. The highest BCUT2D eigenvalue weighted by Gasteiger charge is 2.17. The number of piperazine rings is 1. The second-order valence-corrected chi connectivity index (χ2v) is 9.26. The Hall–Kier alpha value is -2.16. The van der Waals surface area contributed by atoms with Crippen molar-refractivity contribution in [3.05, 3.63) is 47.2 Å². The zero-order chi connectivity index (χ0) is 22.2. The lowest BCUT2D eigenvalue weighted by atomic mass is 10.1. The number of benzene rings is 1. The Morgan fingerprint density at radius 2 is 1.97 bits per heavy atom. The van der Waals surface area contributed by atoms with Gasteiger partial charge in [-0.05, 0) is 30.7 Å². The maximum atomic E-state index is 12.4. The first-order chi connectivity index (χ1) is 14.9. The molecule has 8 heteroatoms. The fourth-order valence-corrected chi connectivity index (χ4v) is 4.11. The van der Waals surface area contributed by atoms with Gasteiger partial charge in [-0.1, -0.05) is 37.7 Å². The molecule has 1 N–H and O–H groups in total. The van der Waals surface area contributed by atoms with E-state index in [4.69, 9.17) is 9.72 Å². The summed E-state index contributed by atoms with van der Waals surface area (Å²) in [6, 6.07) is 9.79. The van der Waals surface area contributed by atoms with E-state index in [1.54, 1.807) is 18.9 Å². The summed E-state index contributed by atoms with van der Waals surface area (Å²) in [6.07, 6.45) is 0. The van der Waals surface area contributed by atoms with Gasteiger partial charge in [-0.15, -0.1) is 0 Å². The highest BCUT2D eigenvalue weighted by atomic mass is 32.2. The van der Waals surface area contributed by atoms with Crippen molar-refractivity contribution in [1.29, 1.82) is 0 Å². The summed E-state index contributed by atoms with van der Waals surface area (Å²) in [5.41, 5.74) is 2.64. The van der Waals surface area contributed by atoms with Gasteiger partial charge in [0.25, 0.3) is 5.91 Å². The van der Waals surface area contributed by atoms with Crippen LogP contribution in [0.1, 0.15) is 35.5 Å². The van der Waals surface area contributed by atoms with Crippen LogP contribution in [0.15, 0.2) is 35.5 Å². The molecule has 1 fully saturated rings. The third-order valence-corrected chi connectivity index (χ3v) is 6.01. The molecule has 31 heavy (non-hydrogen) atoms. The molecule has 0 aliphatic carbocycles. The molecule has 0 spiro atoms. The number of hydrogen-bond donors (Lipinski definition) is 1. The maximum absolute atomic E-state index is 12.4. The lowest BCUT2D eigenvalue weighted by Crippen LogP contribution is -2.44. The number of ether oxygens (including phenoxy) is 1. The van der Waals surface area contributed by atoms with Gasteiger partial charge in [0.2, 0.25) is 0 Å². The molecule has 2 aromatic rings. The Labute approximate surface area is 189 Å². The number of carbonyl (C=O) groups is 1. The van der Waals surface area contributed by atoms with Crippen LogP contribution in [0, 0.1) is 5.92 Å². The second kappa shape index (κ2) is 11.5. The smallest absolute Gasteiger partial charge is 0.251 e. The number of aromatic nitrogens is 2. The average molecular weight is 444 g/mol. The summed E-state index contributed by atoms with van der Waals surface area (Å²) < 4.78 is 5.32. The van der Waals surface area contributed by atoms with Crippen molar-refractivity contribution < 1.29 is 9.53 Å². The van der Waals surface area contributed by atoms with E-state index in [-0.39, 0.29) is 5.91 Å². The number of hydrogen-bond acceptors (Lipinski definition) is 7. The fraction of sp³-hybridized carbons (Fsp3) is 0.522. The normalized spacial score (nSPS) is 14.8. The first kappa shape index (κ1) is 23.5. The number of anilines is 1. The average Bonchev–Trinajstić information content (AvgIpc) is 2.77. The van der Waals surface area contributed by atoms with Gasteiger partial charge < -0.3 is 19.9 Å². The lowest BCUT2D eigenvalue weighted by molar-refractivity contribution is 0.0949. The molecule has 1 saturated heterocycles. The Kier molecular flexibility index (Phi) is 8.69. The van der Waals surface area contributed by atoms with E-state index >= 15 is 0 Å². The minimum atomic E-state index is -0.0313. The van der Waals surface area contributed by atoms with Gasteiger partial charge >= 0.3 is 0 Å². The van der Waals surface area contributed by atoms with E-state index in [0.29, 0.717) is 30.4 Å². The maximum Gasteiger partial charge on any atom is 0.251 e. The summed E-state index contributed by atoms with van der Waals surface area (Å²) in [5.74, 6) is 2.05. The Balaban J connectivity index is 1.69. The molecule has 1 aromatic heterocycles. The largest absolute Gasteiger partial charge is 0.378 e. The number of amides is 1. The van der Waals surface area contributed by atoms with Gasteiger partial charge in [0.05, 0.1) is 12.3 Å². The SMILES string of the molecule is COCc1cc(N2CCN(C)CC2)nc(SCc2cccc(C(=O)NCC(C)C)c2)n1. The van der Waals surface area contributed by atoms with E-state index in [1.165, 1.54) is 0 Å². The van der Waals surface area contributed by atoms with E-state index in [0.717, 1.165) is 48.4 Å². The quantitative estimate of drug-likeness (QED) is 0.472. The fourth-order valence-electron chi connectivity index (χ4n) is 3.29. The number of likely N-dealkylation sites (N-methyl/N-ethyl adjacent to an activating group) is 1. The predicted octanol–water partition coefficient (Wildman–Crippen LogP) is 3.05. The summed E-state index contributed by atoms with van der Waals surface area (Å²) in [4.78, 5) is 26.5. The van der Waals surface area contributed by atoms with Crippen LogP contribution in [0.4, 0.5) is 5.82 Å². The van der Waals surface area contributed by atoms with Gasteiger partial charge in [0.1, 0.15) is 5.82 Å². The van der Waals surface area contributed by atoms with Crippen molar-refractivity contribution in [2.24, 2.45) is 5.92 Å². The van der Waals surface area contributed by atoms with Crippen LogP contribution in [-0.4, -0.2) is 67.7 Å². The number of nitrogens with one attached hydrogen (secondary N) is 1. The highest BCUT2D eigenvalue weighted by Crippen LogP contribution is 2.24. The third-order valence-electron chi connectivity index (χ3n) is 5.09. The molecule has 1 aromatic carbocycles. The number of nitrogens with zero attached hydrogens (tertiary/aromatic N) is 4. The topological polar surface area (TPSA) is 70.6 Å². The molecule has 2 heterocycles. The van der Waals surface area contributed by atoms with Crippen LogP contribution < -0.4 is 10.2 Å². The van der Waals surface area contributed by atoms with E-state index < -0.39 is 0 Å². The summed E-state index contributed by atoms with van der Waals surface area (Å²) in [5, 5.41) is 3.71. The number of rotatable bonds is 9. The number of carbonyl (C=O) groups excluding carboxylic acids is 1. The summed E-state index contributed by atoms with van der Waals surface area (Å²) >= 11 is 1.58. The van der Waals surface area contributed by atoms with Crippen molar-refractivity contribution in [2.75, 3.05) is 51.8 Å². The molecular weight excluding hydrogens is 410 g/mol. The Bertz CT molecular complexity index is 869. The molecule has 0 atom stereocenters. The first-order valence-corrected chi connectivity index (χ1v) is 11.7. The minimum Gasteiger partial charge on any atom is -0.378 e. The number of thioether (sulfide) groups is 1. The van der Waals surface area contributed by atoms with Crippen LogP contribution >= 0.6 is 11.8 Å². The van der Waals surface area contributed by atoms with Crippen molar-refractivity contribution >= 4 is 23.5 Å². The van der Waals surface area contributed by atoms with Gasteiger partial charge in [0, 0.05) is 57.2 Å². The van der Waals surface area contributed by atoms with Crippen LogP contribution in [0.3, 0.4) is 0 Å². The molecule has 1 aliphatic heterocycles. The molecular formula is C23H33N5O2S. The monoisotopic (exact) mass is 443 g/mol. The highest BCUT2D eigenvalue weighted by molar-refractivity contribution is 7.98. The van der Waals surface area contributed by atoms with Crippen LogP contribution in [0.25, 0.3) is 0 Å². The van der Waals surface area contributed by atoms with Gasteiger partial charge in [0.15, 0.2) is 5.16 Å². The second-order valence-electron chi connectivity index (χ2n) is 8.32. The first-order valence-electron chi connectivity index (χ1n) is 10.7. The third kappa shape index (κ3) is 7.19. The molecule has 1 aliphatic rings. The summed E-state index contributed by atoms with van der Waals surface area (Å²) in [6.45, 7) is 9.27. The van der Waals surface area contributed by atoms with Crippen LogP contribution in [0.5, 0.6) is 0 Å². The molecule has 0 radical (unpaired) electrons. The van der Waals surface area contributed by atoms with Crippen molar-refractivity contribution in [3.8, 4) is 0 Å². The molecule has 0 unspecified atom stereocenters. The molecule has 168 valence electrons. The van der Waals surface area contributed by atoms with Crippen molar-refractivity contribution in [3.63, 3.8) is 0 Å². The molecule has 1 amide bonds. The zero-order valence-electron chi connectivity index (χ0n) is 18.9. The van der Waals surface area contributed by atoms with Crippen LogP contribution in [-0.2, 0) is 17.1 Å². The number of methoxy groups -OCH3 is 1. The predicted molar refractivity (Wildman–Crippen MR) is 126 cm³/mol. The van der Waals surface area contributed by atoms with E-state index in [9.17, 15) is 4.79 Å². The van der Waals surface area contributed by atoms with Crippen molar-refractivity contribution in [2.45, 2.75) is 31.4 Å². The van der Waals surface area contributed by atoms with E-state index in [1.807, 2.05) is 30.3 Å². The van der Waals surface area contributed by atoms with Crippen LogP contribution in [0.2, 0.25) is 0 Å². The lowest BCUT2D eigenvalue weighted by Gasteiger charge is -2.33. The van der Waals surface area contributed by atoms with Gasteiger partial charge in [-0.25, -0.2) is 9.97 Å². The zero-order valence-corrected chi connectivity index (χ0v) is 19.7. The Morgan fingerprint density at radius 1 is 1.19 bits per heavy atom. The molecule has 0 saturated carbocycles. The van der Waals surface area contributed by atoms with Gasteiger partial charge in [-0.3, -0.25) is 4.79 Å². The Morgan fingerprint density at radius 3 is 2.68 bits per heavy atom. The van der Waals surface area contributed by atoms with Gasteiger partial charge in [-0.2, -0.15) is 0 Å². The van der Waals surface area contributed by atoms with Crippen molar-refractivity contribution in [1.82, 2.24) is 20.2 Å². The molecule has 0 bridgehead atoms. The standard InChI is InChI=1S/C23H33N5O2S/c1-17(2)14-24-22(29)19-7-5-6-18(12-19)16-31-23-25-20(15-30-4)13-21(26-23)28-10-8-27(3)9-11-28/h5-7,12-13,17H,8-11,14-16H2,1-4H3,(H,24,29). The van der Waals surface area contributed by atoms with E-state index in [2.05, 4.69) is 41.0 Å². The summed E-state index contributed by atoms with van der Waals surface area (Å²) in [7, 11) is 3.83.